The van der Waals surface area contributed by atoms with E-state index >= 15 is 0 Å². The average molecular weight is 614 g/mol. The van der Waals surface area contributed by atoms with Gasteiger partial charge in [0.05, 0.1) is 11.1 Å². The van der Waals surface area contributed by atoms with Gasteiger partial charge in [-0.2, -0.15) is 0 Å². The van der Waals surface area contributed by atoms with Crippen LogP contribution in [0.15, 0.2) is 80.3 Å². The molecule has 1 N–H and O–H groups in total. The standard InChI is InChI=1S/C27H22Br2N2O5/c1-3-34-24-14-17(12-22(29)25(24)35-15-19-6-4-5-7-21(19)28)13-23-27(33)36-26(31-23)18-8-10-20(11-9-18)30-16(2)32/h4-14H,3,15H2,1-2H3,(H,30,32)/b23-13-. The van der Waals surface area contributed by atoms with Crippen molar-refractivity contribution in [1.82, 2.24) is 0 Å². The number of hydrogen-bond donors (Lipinski definition) is 1. The van der Waals surface area contributed by atoms with E-state index in [1.54, 1.807) is 36.4 Å². The monoisotopic (exact) mass is 612 g/mol. The molecule has 1 aliphatic heterocycles. The van der Waals surface area contributed by atoms with Crippen LogP contribution in [0.5, 0.6) is 11.5 Å². The van der Waals surface area contributed by atoms with Crippen LogP contribution >= 0.6 is 31.9 Å². The van der Waals surface area contributed by atoms with Crippen molar-refractivity contribution in [2.75, 3.05) is 11.9 Å². The van der Waals surface area contributed by atoms with Gasteiger partial charge in [0.25, 0.3) is 0 Å². The number of hydrogen-bond acceptors (Lipinski definition) is 6. The first kappa shape index (κ1) is 25.7. The number of carbonyl (C=O) groups is 2. The van der Waals surface area contributed by atoms with Gasteiger partial charge in [0.1, 0.15) is 6.61 Å². The minimum atomic E-state index is -0.556. The summed E-state index contributed by atoms with van der Waals surface area (Å²) in [6, 6.07) is 18.3. The van der Waals surface area contributed by atoms with Crippen molar-refractivity contribution in [2.24, 2.45) is 4.99 Å². The molecule has 1 amide bonds. The average Bonchev–Trinajstić information content (AvgIpc) is 3.20. The van der Waals surface area contributed by atoms with Gasteiger partial charge in [-0.05, 0) is 77.0 Å². The van der Waals surface area contributed by atoms with Crippen molar-refractivity contribution in [1.29, 1.82) is 0 Å². The Morgan fingerprint density at radius 2 is 1.81 bits per heavy atom. The van der Waals surface area contributed by atoms with E-state index in [0.29, 0.717) is 46.0 Å². The number of benzene rings is 3. The summed E-state index contributed by atoms with van der Waals surface area (Å²) < 4.78 is 18.9. The molecule has 0 atom stereocenters. The minimum Gasteiger partial charge on any atom is -0.490 e. The van der Waals surface area contributed by atoms with Crippen LogP contribution in [0.4, 0.5) is 5.69 Å². The number of ether oxygens (including phenoxy) is 3. The molecule has 7 nitrogen and oxygen atoms in total. The second-order valence-electron chi connectivity index (χ2n) is 7.74. The molecule has 0 radical (unpaired) electrons. The number of carbonyl (C=O) groups excluding carboxylic acids is 2. The highest BCUT2D eigenvalue weighted by Crippen LogP contribution is 2.38. The van der Waals surface area contributed by atoms with Gasteiger partial charge in [-0.25, -0.2) is 9.79 Å². The number of nitrogens with zero attached hydrogens (tertiary/aromatic N) is 1. The summed E-state index contributed by atoms with van der Waals surface area (Å²) in [7, 11) is 0. The van der Waals surface area contributed by atoms with Crippen molar-refractivity contribution in [3.8, 4) is 11.5 Å². The van der Waals surface area contributed by atoms with Crippen LogP contribution in [0.3, 0.4) is 0 Å². The quantitative estimate of drug-likeness (QED) is 0.232. The molecule has 3 aromatic rings. The zero-order valence-corrected chi connectivity index (χ0v) is 22.7. The summed E-state index contributed by atoms with van der Waals surface area (Å²) in [5.41, 5.74) is 3.11. The maximum atomic E-state index is 12.5. The summed E-state index contributed by atoms with van der Waals surface area (Å²) in [6.45, 7) is 4.11. The maximum Gasteiger partial charge on any atom is 0.363 e. The molecule has 3 aromatic carbocycles. The number of rotatable bonds is 8. The Labute approximate surface area is 225 Å². The van der Waals surface area contributed by atoms with E-state index in [1.165, 1.54) is 6.92 Å². The summed E-state index contributed by atoms with van der Waals surface area (Å²) in [6.07, 6.45) is 1.63. The Bertz CT molecular complexity index is 1370. The maximum absolute atomic E-state index is 12.5. The molecule has 4 rings (SSSR count). The zero-order valence-electron chi connectivity index (χ0n) is 19.5. The van der Waals surface area contributed by atoms with Crippen LogP contribution in [-0.2, 0) is 20.9 Å². The van der Waals surface area contributed by atoms with Crippen LogP contribution in [0.2, 0.25) is 0 Å². The molecule has 0 saturated carbocycles. The molecule has 0 bridgehead atoms. The molecule has 0 unspecified atom stereocenters. The van der Waals surface area contributed by atoms with Gasteiger partial charge in [-0.1, -0.05) is 34.1 Å². The largest absolute Gasteiger partial charge is 0.490 e. The summed E-state index contributed by atoms with van der Waals surface area (Å²) >= 11 is 7.10. The molecule has 1 aliphatic rings. The third-order valence-electron chi connectivity index (χ3n) is 5.04. The van der Waals surface area contributed by atoms with E-state index in [0.717, 1.165) is 10.0 Å². The Morgan fingerprint density at radius 1 is 1.06 bits per heavy atom. The molecule has 36 heavy (non-hydrogen) atoms. The predicted octanol–water partition coefficient (Wildman–Crippen LogP) is 6.49. The van der Waals surface area contributed by atoms with Gasteiger partial charge in [0, 0.05) is 28.2 Å². The molecule has 0 fully saturated rings. The van der Waals surface area contributed by atoms with Gasteiger partial charge < -0.3 is 19.5 Å². The van der Waals surface area contributed by atoms with E-state index in [2.05, 4.69) is 42.2 Å². The van der Waals surface area contributed by atoms with Gasteiger partial charge in [-0.15, -0.1) is 0 Å². The number of halogens is 2. The van der Waals surface area contributed by atoms with Crippen molar-refractivity contribution < 1.29 is 23.8 Å². The van der Waals surface area contributed by atoms with Gasteiger partial charge in [0.2, 0.25) is 11.8 Å². The molecule has 9 heteroatoms. The fourth-order valence-corrected chi connectivity index (χ4v) is 4.40. The van der Waals surface area contributed by atoms with Gasteiger partial charge in [-0.3, -0.25) is 4.79 Å². The second kappa shape index (κ2) is 11.5. The van der Waals surface area contributed by atoms with Crippen LogP contribution in [-0.4, -0.2) is 24.4 Å². The van der Waals surface area contributed by atoms with Crippen molar-refractivity contribution >= 4 is 61.4 Å². The number of anilines is 1. The van der Waals surface area contributed by atoms with Crippen LogP contribution in [0, 0.1) is 0 Å². The van der Waals surface area contributed by atoms with Crippen LogP contribution < -0.4 is 14.8 Å². The van der Waals surface area contributed by atoms with Gasteiger partial charge >= 0.3 is 5.97 Å². The second-order valence-corrected chi connectivity index (χ2v) is 9.45. The predicted molar refractivity (Wildman–Crippen MR) is 145 cm³/mol. The normalized spacial score (nSPS) is 13.8. The van der Waals surface area contributed by atoms with Gasteiger partial charge in [0.15, 0.2) is 17.2 Å². The number of aliphatic imine (C=N–C) groups is 1. The fourth-order valence-electron chi connectivity index (χ4n) is 3.43. The lowest BCUT2D eigenvalue weighted by Gasteiger charge is -2.15. The highest BCUT2D eigenvalue weighted by atomic mass is 79.9. The number of amides is 1. The van der Waals surface area contributed by atoms with Crippen LogP contribution in [0.1, 0.15) is 30.5 Å². The lowest BCUT2D eigenvalue weighted by molar-refractivity contribution is -0.129. The fraction of sp³-hybridized carbons (Fsp3) is 0.148. The molecule has 1 heterocycles. The number of esters is 1. The molecule has 0 aromatic heterocycles. The van der Waals surface area contributed by atoms with E-state index in [9.17, 15) is 9.59 Å². The third-order valence-corrected chi connectivity index (χ3v) is 6.40. The number of nitrogens with one attached hydrogen (secondary N) is 1. The zero-order chi connectivity index (χ0) is 25.7. The van der Waals surface area contributed by atoms with Crippen molar-refractivity contribution in [3.05, 3.63) is 92.0 Å². The summed E-state index contributed by atoms with van der Waals surface area (Å²) in [5.74, 6) is 0.569. The SMILES string of the molecule is CCOc1cc(/C=C2\N=C(c3ccc(NC(C)=O)cc3)OC2=O)cc(Br)c1OCc1ccccc1Br. The first-order chi connectivity index (χ1) is 17.3. The first-order valence-electron chi connectivity index (χ1n) is 11.1. The minimum absolute atomic E-state index is 0.159. The van der Waals surface area contributed by atoms with Crippen LogP contribution in [0.25, 0.3) is 6.08 Å². The number of cyclic esters (lactones) is 1. The molecule has 184 valence electrons. The van der Waals surface area contributed by atoms with E-state index < -0.39 is 5.97 Å². The highest BCUT2D eigenvalue weighted by molar-refractivity contribution is 9.10. The van der Waals surface area contributed by atoms with E-state index in [1.807, 2.05) is 37.3 Å². The highest BCUT2D eigenvalue weighted by Gasteiger charge is 2.24. The molecular formula is C27H22Br2N2O5. The lowest BCUT2D eigenvalue weighted by atomic mass is 10.1. The Hall–Kier alpha value is -3.43. The Balaban J connectivity index is 1.58. The molecule has 0 saturated heterocycles. The molecule has 0 spiro atoms. The summed E-state index contributed by atoms with van der Waals surface area (Å²) in [4.78, 5) is 28.1. The smallest absolute Gasteiger partial charge is 0.363 e. The lowest BCUT2D eigenvalue weighted by Crippen LogP contribution is -2.07. The summed E-state index contributed by atoms with van der Waals surface area (Å²) in [5, 5.41) is 2.69. The first-order valence-corrected chi connectivity index (χ1v) is 12.7. The molecular weight excluding hydrogens is 592 g/mol. The topological polar surface area (TPSA) is 86.2 Å². The Kier molecular flexibility index (Phi) is 8.22. The third kappa shape index (κ3) is 6.22. The van der Waals surface area contributed by atoms with Crippen molar-refractivity contribution in [3.63, 3.8) is 0 Å². The van der Waals surface area contributed by atoms with E-state index in [4.69, 9.17) is 14.2 Å². The molecule has 0 aliphatic carbocycles. The van der Waals surface area contributed by atoms with E-state index in [-0.39, 0.29) is 17.5 Å². The Morgan fingerprint density at radius 3 is 2.50 bits per heavy atom. The van der Waals surface area contributed by atoms with Crippen molar-refractivity contribution in [2.45, 2.75) is 20.5 Å².